The maximum atomic E-state index is 5.51. The van der Waals surface area contributed by atoms with Gasteiger partial charge in [0.05, 0.1) is 5.69 Å². The molecule has 2 heterocycles. The topological polar surface area (TPSA) is 76.7 Å². The molecule has 0 radical (unpaired) electrons. The Balaban J connectivity index is 2.18. The molecule has 0 atom stereocenters. The van der Waals surface area contributed by atoms with Gasteiger partial charge in [0.2, 0.25) is 0 Å². The second-order valence-electron chi connectivity index (χ2n) is 2.75. The van der Waals surface area contributed by atoms with Crippen molar-refractivity contribution in [1.82, 2.24) is 15.0 Å². The molecule has 0 saturated carbocycles. The molecule has 5 nitrogen and oxygen atoms in total. The van der Waals surface area contributed by atoms with Gasteiger partial charge < -0.3 is 11.1 Å². The molecule has 72 valence electrons. The first-order chi connectivity index (χ1) is 6.74. The lowest BCUT2D eigenvalue weighted by molar-refractivity contribution is 1.17. The van der Waals surface area contributed by atoms with Gasteiger partial charge in [-0.05, 0) is 6.92 Å². The zero-order chi connectivity index (χ0) is 9.97. The molecule has 0 aliphatic carbocycles. The summed E-state index contributed by atoms with van der Waals surface area (Å²) in [5.41, 5.74) is 6.50. The van der Waals surface area contributed by atoms with Crippen LogP contribution >= 0.6 is 11.3 Å². The summed E-state index contributed by atoms with van der Waals surface area (Å²) in [6, 6.07) is 1.66. The van der Waals surface area contributed by atoms with E-state index >= 15 is 0 Å². The molecule has 0 unspecified atom stereocenters. The first-order valence-electron chi connectivity index (χ1n) is 4.01. The Morgan fingerprint density at radius 1 is 1.43 bits per heavy atom. The van der Waals surface area contributed by atoms with E-state index in [1.807, 2.05) is 12.3 Å². The highest BCUT2D eigenvalue weighted by atomic mass is 32.1. The van der Waals surface area contributed by atoms with Crippen molar-refractivity contribution in [3.63, 3.8) is 0 Å². The van der Waals surface area contributed by atoms with Crippen LogP contribution in [-0.2, 0) is 0 Å². The van der Waals surface area contributed by atoms with E-state index in [0.717, 1.165) is 10.8 Å². The Hall–Kier alpha value is -1.69. The average Bonchev–Trinajstić information content (AvgIpc) is 2.51. The highest BCUT2D eigenvalue weighted by Crippen LogP contribution is 2.19. The van der Waals surface area contributed by atoms with Crippen molar-refractivity contribution in [3.05, 3.63) is 23.5 Å². The van der Waals surface area contributed by atoms with Crippen LogP contribution in [0.2, 0.25) is 0 Å². The van der Waals surface area contributed by atoms with Crippen molar-refractivity contribution in [2.24, 2.45) is 0 Å². The number of nitrogens with two attached hydrogens (primary N) is 1. The second-order valence-corrected chi connectivity index (χ2v) is 3.61. The molecule has 0 aliphatic rings. The summed E-state index contributed by atoms with van der Waals surface area (Å²) in [5, 5.41) is 5.81. The summed E-state index contributed by atoms with van der Waals surface area (Å²) in [6.07, 6.45) is 1.41. The molecule has 0 amide bonds. The van der Waals surface area contributed by atoms with E-state index in [9.17, 15) is 0 Å². The van der Waals surface area contributed by atoms with E-state index in [2.05, 4.69) is 20.3 Å². The molecule has 14 heavy (non-hydrogen) atoms. The van der Waals surface area contributed by atoms with Crippen LogP contribution in [-0.4, -0.2) is 15.0 Å². The van der Waals surface area contributed by atoms with Crippen LogP contribution in [0.15, 0.2) is 17.8 Å². The molecular weight excluding hydrogens is 198 g/mol. The summed E-state index contributed by atoms with van der Waals surface area (Å²) in [7, 11) is 0. The molecule has 0 aromatic carbocycles. The number of hydrogen-bond acceptors (Lipinski definition) is 6. The predicted molar refractivity (Wildman–Crippen MR) is 56.6 cm³/mol. The Labute approximate surface area is 85.0 Å². The van der Waals surface area contributed by atoms with Gasteiger partial charge in [-0.25, -0.2) is 15.0 Å². The zero-order valence-electron chi connectivity index (χ0n) is 7.56. The summed E-state index contributed by atoms with van der Waals surface area (Å²) in [4.78, 5) is 12.0. The molecule has 2 aromatic rings. The van der Waals surface area contributed by atoms with E-state index in [1.54, 1.807) is 6.07 Å². The SMILES string of the molecule is Cc1csc(Nc2cc(N)ncn2)n1. The summed E-state index contributed by atoms with van der Waals surface area (Å²) in [5.74, 6) is 1.10. The molecule has 6 heteroatoms. The molecular formula is C8H9N5S. The van der Waals surface area contributed by atoms with Gasteiger partial charge >= 0.3 is 0 Å². The average molecular weight is 207 g/mol. The van der Waals surface area contributed by atoms with Gasteiger partial charge in [-0.1, -0.05) is 0 Å². The number of hydrogen-bond donors (Lipinski definition) is 2. The van der Waals surface area contributed by atoms with Crippen molar-refractivity contribution in [2.75, 3.05) is 11.1 Å². The number of nitrogen functional groups attached to an aromatic ring is 1. The number of nitrogens with one attached hydrogen (secondary N) is 1. The van der Waals surface area contributed by atoms with E-state index in [-0.39, 0.29) is 0 Å². The molecule has 0 aliphatic heterocycles. The van der Waals surface area contributed by atoms with Gasteiger partial charge in [0.15, 0.2) is 5.13 Å². The van der Waals surface area contributed by atoms with Gasteiger partial charge in [-0.2, -0.15) is 0 Å². The number of rotatable bonds is 2. The smallest absolute Gasteiger partial charge is 0.188 e. The molecule has 0 bridgehead atoms. The van der Waals surface area contributed by atoms with E-state index in [4.69, 9.17) is 5.73 Å². The van der Waals surface area contributed by atoms with Crippen LogP contribution in [0.5, 0.6) is 0 Å². The minimum absolute atomic E-state index is 0.441. The van der Waals surface area contributed by atoms with E-state index < -0.39 is 0 Å². The van der Waals surface area contributed by atoms with Gasteiger partial charge in [0.1, 0.15) is 18.0 Å². The number of anilines is 3. The minimum Gasteiger partial charge on any atom is -0.384 e. The lowest BCUT2D eigenvalue weighted by atomic mass is 10.5. The van der Waals surface area contributed by atoms with Crippen LogP contribution in [0.1, 0.15) is 5.69 Å². The van der Waals surface area contributed by atoms with Crippen LogP contribution in [0, 0.1) is 6.92 Å². The zero-order valence-corrected chi connectivity index (χ0v) is 8.38. The largest absolute Gasteiger partial charge is 0.384 e. The second kappa shape index (κ2) is 3.59. The lowest BCUT2D eigenvalue weighted by Gasteiger charge is -2.00. The number of aromatic nitrogens is 3. The molecule has 0 saturated heterocycles. The molecule has 0 spiro atoms. The lowest BCUT2D eigenvalue weighted by Crippen LogP contribution is -1.96. The maximum absolute atomic E-state index is 5.51. The third-order valence-corrected chi connectivity index (χ3v) is 2.42. The van der Waals surface area contributed by atoms with Crippen molar-refractivity contribution in [3.8, 4) is 0 Å². The molecule has 3 N–H and O–H groups in total. The third-order valence-electron chi connectivity index (χ3n) is 1.54. The highest BCUT2D eigenvalue weighted by Gasteiger charge is 2.00. The van der Waals surface area contributed by atoms with Crippen molar-refractivity contribution < 1.29 is 0 Å². The standard InChI is InChI=1S/C8H9N5S/c1-5-3-14-8(12-5)13-7-2-6(9)10-4-11-7/h2-4H,1H3,(H3,9,10,11,12,13). The van der Waals surface area contributed by atoms with Gasteiger partial charge in [0.25, 0.3) is 0 Å². The fourth-order valence-electron chi connectivity index (χ4n) is 0.962. The Kier molecular flexibility index (Phi) is 2.28. The Morgan fingerprint density at radius 3 is 2.93 bits per heavy atom. The molecule has 2 aromatic heterocycles. The fraction of sp³-hybridized carbons (Fsp3) is 0.125. The maximum Gasteiger partial charge on any atom is 0.188 e. The summed E-state index contributed by atoms with van der Waals surface area (Å²) >= 11 is 1.53. The monoisotopic (exact) mass is 207 g/mol. The van der Waals surface area contributed by atoms with Crippen LogP contribution < -0.4 is 11.1 Å². The van der Waals surface area contributed by atoms with E-state index in [1.165, 1.54) is 17.7 Å². The molecule has 0 fully saturated rings. The van der Waals surface area contributed by atoms with Gasteiger partial charge in [-0.15, -0.1) is 11.3 Å². The van der Waals surface area contributed by atoms with Gasteiger partial charge in [-0.3, -0.25) is 0 Å². The van der Waals surface area contributed by atoms with Crippen LogP contribution in [0.25, 0.3) is 0 Å². The quantitative estimate of drug-likeness (QED) is 0.781. The Bertz CT molecular complexity index is 439. The number of thiazole rings is 1. The summed E-state index contributed by atoms with van der Waals surface area (Å²) in [6.45, 7) is 1.94. The van der Waals surface area contributed by atoms with Gasteiger partial charge in [0, 0.05) is 11.4 Å². The van der Waals surface area contributed by atoms with Crippen LogP contribution in [0.4, 0.5) is 16.8 Å². The first-order valence-corrected chi connectivity index (χ1v) is 4.89. The number of nitrogens with zero attached hydrogens (tertiary/aromatic N) is 3. The summed E-state index contributed by atoms with van der Waals surface area (Å²) < 4.78 is 0. The normalized spacial score (nSPS) is 10.1. The van der Waals surface area contributed by atoms with Crippen molar-refractivity contribution >= 4 is 28.1 Å². The van der Waals surface area contributed by atoms with E-state index in [0.29, 0.717) is 11.6 Å². The molecule has 2 rings (SSSR count). The predicted octanol–water partition coefficient (Wildman–Crippen LogP) is 1.57. The fourth-order valence-corrected chi connectivity index (χ4v) is 1.66. The Morgan fingerprint density at radius 2 is 2.29 bits per heavy atom. The highest BCUT2D eigenvalue weighted by molar-refractivity contribution is 7.13. The number of aryl methyl sites for hydroxylation is 1. The van der Waals surface area contributed by atoms with Crippen molar-refractivity contribution in [1.29, 1.82) is 0 Å². The van der Waals surface area contributed by atoms with Crippen molar-refractivity contribution in [2.45, 2.75) is 6.92 Å². The minimum atomic E-state index is 0.441. The van der Waals surface area contributed by atoms with Crippen LogP contribution in [0.3, 0.4) is 0 Å². The third kappa shape index (κ3) is 1.97. The first kappa shape index (κ1) is 8.89.